The van der Waals surface area contributed by atoms with Gasteiger partial charge in [-0.15, -0.1) is 0 Å². The van der Waals surface area contributed by atoms with Gasteiger partial charge in [-0.1, -0.05) is 24.6 Å². The Balaban J connectivity index is 2.99. The summed E-state index contributed by atoms with van der Waals surface area (Å²) in [5, 5.41) is 3.34. The Kier molecular flexibility index (Phi) is 5.16. The summed E-state index contributed by atoms with van der Waals surface area (Å²) < 4.78 is 5.61. The Bertz CT molecular complexity index is 418. The molecule has 4 heteroatoms. The molecule has 0 aliphatic carbocycles. The van der Waals surface area contributed by atoms with Crippen molar-refractivity contribution in [3.63, 3.8) is 0 Å². The number of hydrogen-bond acceptors (Lipinski definition) is 3. The van der Waals surface area contributed by atoms with E-state index in [0.717, 1.165) is 17.7 Å². The highest BCUT2D eigenvalue weighted by atomic mass is 16.5. The fraction of sp³-hybridized carbons (Fsp3) is 0.500. The van der Waals surface area contributed by atoms with Crippen LogP contribution in [0.15, 0.2) is 18.2 Å². The van der Waals surface area contributed by atoms with Crippen LogP contribution in [-0.2, 0) is 4.79 Å². The number of primary amides is 1. The molecule has 0 fully saturated rings. The van der Waals surface area contributed by atoms with Crippen LogP contribution < -0.4 is 15.8 Å². The predicted molar refractivity (Wildman–Crippen MR) is 72.6 cm³/mol. The lowest BCUT2D eigenvalue weighted by Gasteiger charge is -2.20. The van der Waals surface area contributed by atoms with Crippen molar-refractivity contribution in [2.45, 2.75) is 39.8 Å². The van der Waals surface area contributed by atoms with E-state index in [1.54, 1.807) is 6.92 Å². The van der Waals surface area contributed by atoms with Crippen molar-refractivity contribution in [1.82, 2.24) is 5.32 Å². The molecule has 0 aliphatic heterocycles. The molecule has 18 heavy (non-hydrogen) atoms. The number of carbonyl (C=O) groups excluding carboxylic acids is 1. The topological polar surface area (TPSA) is 64.3 Å². The Labute approximate surface area is 109 Å². The number of aryl methyl sites for hydroxylation is 1. The van der Waals surface area contributed by atoms with E-state index >= 15 is 0 Å². The van der Waals surface area contributed by atoms with Gasteiger partial charge < -0.3 is 15.8 Å². The molecular weight excluding hydrogens is 228 g/mol. The molecule has 2 atom stereocenters. The number of benzene rings is 1. The van der Waals surface area contributed by atoms with Gasteiger partial charge in [-0.3, -0.25) is 4.79 Å². The van der Waals surface area contributed by atoms with Crippen LogP contribution in [0, 0.1) is 6.92 Å². The fourth-order valence-electron chi connectivity index (χ4n) is 1.78. The van der Waals surface area contributed by atoms with Gasteiger partial charge in [-0.2, -0.15) is 0 Å². The summed E-state index contributed by atoms with van der Waals surface area (Å²) in [5.74, 6) is 0.248. The third-order valence-electron chi connectivity index (χ3n) is 2.85. The SMILES string of the molecule is CCNC(C)c1cc(C)ccc1OC(C)C(N)=O. The first kappa shape index (κ1) is 14.5. The number of hydrogen-bond donors (Lipinski definition) is 2. The van der Waals surface area contributed by atoms with E-state index < -0.39 is 12.0 Å². The van der Waals surface area contributed by atoms with Crippen molar-refractivity contribution in [3.05, 3.63) is 29.3 Å². The third kappa shape index (κ3) is 3.74. The molecule has 3 N–H and O–H groups in total. The van der Waals surface area contributed by atoms with Crippen LogP contribution in [0.4, 0.5) is 0 Å². The number of nitrogens with one attached hydrogen (secondary N) is 1. The molecule has 1 aromatic carbocycles. The van der Waals surface area contributed by atoms with Gasteiger partial charge in [0.15, 0.2) is 6.10 Å². The number of carbonyl (C=O) groups is 1. The van der Waals surface area contributed by atoms with E-state index in [2.05, 4.69) is 25.2 Å². The van der Waals surface area contributed by atoms with Crippen molar-refractivity contribution in [2.75, 3.05) is 6.54 Å². The highest BCUT2D eigenvalue weighted by Crippen LogP contribution is 2.27. The summed E-state index contributed by atoms with van der Waals surface area (Å²) in [4.78, 5) is 11.1. The maximum atomic E-state index is 11.1. The zero-order valence-corrected chi connectivity index (χ0v) is 11.5. The zero-order chi connectivity index (χ0) is 13.7. The van der Waals surface area contributed by atoms with E-state index in [-0.39, 0.29) is 6.04 Å². The van der Waals surface area contributed by atoms with Gasteiger partial charge in [0.25, 0.3) is 5.91 Å². The largest absolute Gasteiger partial charge is 0.481 e. The van der Waals surface area contributed by atoms with E-state index in [0.29, 0.717) is 5.75 Å². The first-order valence-electron chi connectivity index (χ1n) is 6.25. The van der Waals surface area contributed by atoms with Gasteiger partial charge in [0.1, 0.15) is 5.75 Å². The molecule has 1 aromatic rings. The summed E-state index contributed by atoms with van der Waals surface area (Å²) in [6.07, 6.45) is -0.625. The summed E-state index contributed by atoms with van der Waals surface area (Å²) in [5.41, 5.74) is 7.43. The molecule has 0 bridgehead atoms. The minimum absolute atomic E-state index is 0.171. The lowest BCUT2D eigenvalue weighted by atomic mass is 10.0. The summed E-state index contributed by atoms with van der Waals surface area (Å²) in [7, 11) is 0. The monoisotopic (exact) mass is 250 g/mol. The Morgan fingerprint density at radius 2 is 2.11 bits per heavy atom. The Morgan fingerprint density at radius 1 is 1.44 bits per heavy atom. The van der Waals surface area contributed by atoms with Crippen molar-refractivity contribution in [2.24, 2.45) is 5.73 Å². The van der Waals surface area contributed by atoms with Gasteiger partial charge in [-0.25, -0.2) is 0 Å². The van der Waals surface area contributed by atoms with Gasteiger partial charge in [-0.05, 0) is 33.4 Å². The average Bonchev–Trinajstić information content (AvgIpc) is 2.31. The first-order valence-corrected chi connectivity index (χ1v) is 6.25. The molecule has 0 saturated heterocycles. The maximum absolute atomic E-state index is 11.1. The highest BCUT2D eigenvalue weighted by molar-refractivity contribution is 5.78. The summed E-state index contributed by atoms with van der Waals surface area (Å²) in [6.45, 7) is 8.69. The fourth-order valence-corrected chi connectivity index (χ4v) is 1.78. The van der Waals surface area contributed by atoms with E-state index in [1.807, 2.05) is 19.1 Å². The van der Waals surface area contributed by atoms with Crippen molar-refractivity contribution in [3.8, 4) is 5.75 Å². The second kappa shape index (κ2) is 6.40. The molecule has 2 unspecified atom stereocenters. The molecule has 1 amide bonds. The molecule has 100 valence electrons. The first-order chi connectivity index (χ1) is 8.45. The zero-order valence-electron chi connectivity index (χ0n) is 11.5. The smallest absolute Gasteiger partial charge is 0.258 e. The number of amides is 1. The lowest BCUT2D eigenvalue weighted by molar-refractivity contribution is -0.124. The van der Waals surface area contributed by atoms with Crippen molar-refractivity contribution in [1.29, 1.82) is 0 Å². The molecule has 0 saturated carbocycles. The minimum atomic E-state index is -0.625. The number of nitrogens with two attached hydrogens (primary N) is 1. The van der Waals surface area contributed by atoms with Crippen LogP contribution in [0.3, 0.4) is 0 Å². The third-order valence-corrected chi connectivity index (χ3v) is 2.85. The van der Waals surface area contributed by atoms with Gasteiger partial charge in [0.2, 0.25) is 0 Å². The molecular formula is C14H22N2O2. The maximum Gasteiger partial charge on any atom is 0.258 e. The van der Waals surface area contributed by atoms with Gasteiger partial charge in [0.05, 0.1) is 0 Å². The molecule has 4 nitrogen and oxygen atoms in total. The summed E-state index contributed by atoms with van der Waals surface area (Å²) in [6, 6.07) is 6.09. The van der Waals surface area contributed by atoms with Crippen LogP contribution in [0.1, 0.15) is 37.9 Å². The Hall–Kier alpha value is -1.55. The van der Waals surface area contributed by atoms with Crippen LogP contribution in [0.25, 0.3) is 0 Å². The molecule has 1 rings (SSSR count). The molecule has 0 heterocycles. The van der Waals surface area contributed by atoms with E-state index in [1.165, 1.54) is 0 Å². The van der Waals surface area contributed by atoms with Crippen molar-refractivity contribution >= 4 is 5.91 Å². The Morgan fingerprint density at radius 3 is 2.67 bits per heavy atom. The minimum Gasteiger partial charge on any atom is -0.481 e. The summed E-state index contributed by atoms with van der Waals surface area (Å²) >= 11 is 0. The van der Waals surface area contributed by atoms with E-state index in [9.17, 15) is 4.79 Å². The normalized spacial score (nSPS) is 14.0. The highest BCUT2D eigenvalue weighted by Gasteiger charge is 2.16. The molecule has 0 spiro atoms. The van der Waals surface area contributed by atoms with Gasteiger partial charge >= 0.3 is 0 Å². The lowest BCUT2D eigenvalue weighted by Crippen LogP contribution is -2.31. The predicted octanol–water partition coefficient (Wildman–Crippen LogP) is 1.92. The quantitative estimate of drug-likeness (QED) is 0.810. The van der Waals surface area contributed by atoms with Gasteiger partial charge in [0, 0.05) is 11.6 Å². The van der Waals surface area contributed by atoms with Crippen LogP contribution in [-0.4, -0.2) is 18.6 Å². The van der Waals surface area contributed by atoms with Crippen LogP contribution in [0.5, 0.6) is 5.75 Å². The standard InChI is InChI=1S/C14H22N2O2/c1-5-16-10(3)12-8-9(2)6-7-13(12)18-11(4)14(15)17/h6-8,10-11,16H,5H2,1-4H3,(H2,15,17). The van der Waals surface area contributed by atoms with E-state index in [4.69, 9.17) is 10.5 Å². The van der Waals surface area contributed by atoms with Crippen LogP contribution in [0.2, 0.25) is 0 Å². The average molecular weight is 250 g/mol. The molecule has 0 aliphatic rings. The van der Waals surface area contributed by atoms with Crippen LogP contribution >= 0.6 is 0 Å². The van der Waals surface area contributed by atoms with Crippen molar-refractivity contribution < 1.29 is 9.53 Å². The molecule has 0 aromatic heterocycles. The number of rotatable bonds is 6. The second-order valence-electron chi connectivity index (χ2n) is 4.48. The second-order valence-corrected chi connectivity index (χ2v) is 4.48. The number of ether oxygens (including phenoxy) is 1. The molecule has 0 radical (unpaired) electrons.